The predicted octanol–water partition coefficient (Wildman–Crippen LogP) is 5.07. The molecule has 0 aliphatic heterocycles. The number of hydrogen-bond acceptors (Lipinski definition) is 4. The molecular weight excluding hydrogens is 349 g/mol. The fourth-order valence-electron chi connectivity index (χ4n) is 1.51. The molecule has 0 spiro atoms. The first kappa shape index (κ1) is 21.6. The molecule has 129 valence electrons. The summed E-state index contributed by atoms with van der Waals surface area (Å²) < 4.78 is 24.2. The molecule has 0 unspecified atom stereocenters. The quantitative estimate of drug-likeness (QED) is 0.275. The maximum atomic E-state index is 6.04. The Labute approximate surface area is 137 Å². The standard InChI is InChI=1S/4C4H9O.Nb/c4*1-2-3-4-5;/h4*2-4H2,1H3;/q4*-1;+4. The Kier molecular flexibility index (Phi) is 15.9. The summed E-state index contributed by atoms with van der Waals surface area (Å²) in [5, 5.41) is 0. The summed E-state index contributed by atoms with van der Waals surface area (Å²) in [6, 6.07) is 0. The van der Waals surface area contributed by atoms with E-state index in [1.807, 2.05) is 0 Å². The molecule has 0 aliphatic rings. The Morgan fingerprint density at radius 2 is 0.714 bits per heavy atom. The van der Waals surface area contributed by atoms with Gasteiger partial charge in [-0.3, -0.25) is 0 Å². The Morgan fingerprint density at radius 3 is 0.905 bits per heavy atom. The van der Waals surface area contributed by atoms with Gasteiger partial charge < -0.3 is 0 Å². The van der Waals surface area contributed by atoms with Crippen LogP contribution in [-0.4, -0.2) is 26.4 Å². The van der Waals surface area contributed by atoms with E-state index >= 15 is 0 Å². The van der Waals surface area contributed by atoms with Crippen LogP contribution < -0.4 is 0 Å². The number of rotatable bonds is 16. The topological polar surface area (TPSA) is 36.9 Å². The SMILES string of the molecule is CCCC[O][Nb]([O]CCCC)([O]CCCC)[O]CCCC. The van der Waals surface area contributed by atoms with Crippen molar-refractivity contribution >= 4 is 0 Å². The monoisotopic (exact) mass is 385 g/mol. The second kappa shape index (κ2) is 15.5. The molecule has 21 heavy (non-hydrogen) atoms. The zero-order valence-corrected chi connectivity index (χ0v) is 16.8. The third-order valence-electron chi connectivity index (χ3n) is 2.99. The first-order valence-corrected chi connectivity index (χ1v) is 12.3. The fraction of sp³-hybridized carbons (Fsp3) is 1.00. The van der Waals surface area contributed by atoms with Crippen LogP contribution in [0, 0.1) is 0 Å². The summed E-state index contributed by atoms with van der Waals surface area (Å²) in [4.78, 5) is 0. The fourth-order valence-corrected chi connectivity index (χ4v) is 6.07. The molecule has 0 heterocycles. The van der Waals surface area contributed by atoms with Gasteiger partial charge in [-0.05, 0) is 0 Å². The van der Waals surface area contributed by atoms with Gasteiger partial charge in [0.1, 0.15) is 0 Å². The van der Waals surface area contributed by atoms with Gasteiger partial charge in [0.05, 0.1) is 0 Å². The van der Waals surface area contributed by atoms with Crippen molar-refractivity contribution in [2.75, 3.05) is 26.4 Å². The van der Waals surface area contributed by atoms with Crippen molar-refractivity contribution in [3.05, 3.63) is 0 Å². The van der Waals surface area contributed by atoms with E-state index in [0.29, 0.717) is 26.4 Å². The summed E-state index contributed by atoms with van der Waals surface area (Å²) in [6.07, 6.45) is 8.56. The van der Waals surface area contributed by atoms with E-state index in [1.54, 1.807) is 0 Å². The molecule has 0 aromatic rings. The molecule has 5 heteroatoms. The minimum atomic E-state index is -3.67. The van der Waals surface area contributed by atoms with Crippen LogP contribution in [0.15, 0.2) is 0 Å². The van der Waals surface area contributed by atoms with Crippen molar-refractivity contribution in [1.29, 1.82) is 0 Å². The Morgan fingerprint density at radius 1 is 0.476 bits per heavy atom. The summed E-state index contributed by atoms with van der Waals surface area (Å²) in [7, 11) is 0. The summed E-state index contributed by atoms with van der Waals surface area (Å²) >= 11 is -3.67. The molecule has 0 bridgehead atoms. The molecular formula is C16H36NbO4. The molecule has 0 aromatic heterocycles. The molecule has 4 nitrogen and oxygen atoms in total. The van der Waals surface area contributed by atoms with Crippen molar-refractivity contribution in [2.45, 2.75) is 79.1 Å². The minimum absolute atomic E-state index is 0.687. The Bertz CT molecular complexity index is 169. The van der Waals surface area contributed by atoms with E-state index in [0.717, 1.165) is 51.4 Å². The Hall–Kier alpha value is 0.580. The second-order valence-corrected chi connectivity index (χ2v) is 9.93. The summed E-state index contributed by atoms with van der Waals surface area (Å²) in [5.74, 6) is 0. The Balaban J connectivity index is 4.52. The van der Waals surface area contributed by atoms with E-state index in [4.69, 9.17) is 13.0 Å². The number of unbranched alkanes of at least 4 members (excludes halogenated alkanes) is 4. The van der Waals surface area contributed by atoms with Crippen LogP contribution in [0.25, 0.3) is 0 Å². The van der Waals surface area contributed by atoms with E-state index in [2.05, 4.69) is 27.7 Å². The van der Waals surface area contributed by atoms with Crippen molar-refractivity contribution in [3.63, 3.8) is 0 Å². The average molecular weight is 385 g/mol. The predicted molar refractivity (Wildman–Crippen MR) is 83.4 cm³/mol. The van der Waals surface area contributed by atoms with Crippen LogP contribution in [0.2, 0.25) is 0 Å². The van der Waals surface area contributed by atoms with E-state index in [9.17, 15) is 0 Å². The van der Waals surface area contributed by atoms with E-state index in [-0.39, 0.29) is 0 Å². The molecule has 0 fully saturated rings. The van der Waals surface area contributed by atoms with Gasteiger partial charge in [-0.2, -0.15) is 0 Å². The van der Waals surface area contributed by atoms with E-state index < -0.39 is 18.7 Å². The number of hydrogen-bond donors (Lipinski definition) is 0. The second-order valence-electron chi connectivity index (χ2n) is 5.19. The summed E-state index contributed by atoms with van der Waals surface area (Å²) in [5.41, 5.74) is 0. The van der Waals surface area contributed by atoms with Crippen LogP contribution in [0.1, 0.15) is 79.1 Å². The van der Waals surface area contributed by atoms with Gasteiger partial charge in [0.25, 0.3) is 0 Å². The molecule has 0 aliphatic carbocycles. The van der Waals surface area contributed by atoms with Crippen LogP contribution in [0.5, 0.6) is 0 Å². The van der Waals surface area contributed by atoms with Crippen molar-refractivity contribution in [3.8, 4) is 0 Å². The molecule has 0 amide bonds. The third kappa shape index (κ3) is 11.8. The van der Waals surface area contributed by atoms with Crippen molar-refractivity contribution in [1.82, 2.24) is 0 Å². The van der Waals surface area contributed by atoms with Gasteiger partial charge in [0, 0.05) is 0 Å². The van der Waals surface area contributed by atoms with Gasteiger partial charge in [0.15, 0.2) is 0 Å². The van der Waals surface area contributed by atoms with Gasteiger partial charge >= 0.3 is 137 Å². The maximum absolute atomic E-state index is 6.04. The molecule has 0 saturated carbocycles. The molecule has 0 rings (SSSR count). The zero-order valence-electron chi connectivity index (χ0n) is 14.6. The average Bonchev–Trinajstić information content (AvgIpc) is 2.48. The molecule has 0 saturated heterocycles. The van der Waals surface area contributed by atoms with Crippen LogP contribution in [0.4, 0.5) is 0 Å². The van der Waals surface area contributed by atoms with Crippen LogP contribution in [-0.2, 0) is 31.7 Å². The van der Waals surface area contributed by atoms with Crippen molar-refractivity contribution < 1.29 is 31.7 Å². The first-order chi connectivity index (χ1) is 10.2. The first-order valence-electron chi connectivity index (χ1n) is 8.71. The molecule has 0 aromatic carbocycles. The molecule has 0 N–H and O–H groups in total. The summed E-state index contributed by atoms with van der Waals surface area (Å²) in [6.45, 7) is 11.4. The normalized spacial score (nSPS) is 12.0. The van der Waals surface area contributed by atoms with Crippen LogP contribution >= 0.6 is 0 Å². The van der Waals surface area contributed by atoms with Gasteiger partial charge in [0.2, 0.25) is 0 Å². The third-order valence-corrected chi connectivity index (χ3v) is 7.89. The van der Waals surface area contributed by atoms with Gasteiger partial charge in [-0.15, -0.1) is 0 Å². The van der Waals surface area contributed by atoms with E-state index in [1.165, 1.54) is 0 Å². The molecule has 0 atom stereocenters. The van der Waals surface area contributed by atoms with Crippen LogP contribution in [0.3, 0.4) is 0 Å². The van der Waals surface area contributed by atoms with Crippen molar-refractivity contribution in [2.24, 2.45) is 0 Å². The zero-order chi connectivity index (χ0) is 15.8. The van der Waals surface area contributed by atoms with Gasteiger partial charge in [-0.1, -0.05) is 0 Å². The van der Waals surface area contributed by atoms with Gasteiger partial charge in [-0.25, -0.2) is 0 Å². The molecule has 0 radical (unpaired) electrons.